The van der Waals surface area contributed by atoms with Gasteiger partial charge in [0.2, 0.25) is 0 Å². The summed E-state index contributed by atoms with van der Waals surface area (Å²) >= 11 is 0. The molecule has 0 radical (unpaired) electrons. The summed E-state index contributed by atoms with van der Waals surface area (Å²) in [7, 11) is 0. The van der Waals surface area contributed by atoms with Gasteiger partial charge in [-0.3, -0.25) is 9.69 Å². The van der Waals surface area contributed by atoms with E-state index in [1.54, 1.807) is 10.7 Å². The van der Waals surface area contributed by atoms with E-state index >= 15 is 0 Å². The first kappa shape index (κ1) is 27.8. The summed E-state index contributed by atoms with van der Waals surface area (Å²) in [5, 5.41) is 14.3. The first-order valence-electron chi connectivity index (χ1n) is 16.4. The smallest absolute Gasteiger partial charge is 0.254 e. The molecule has 234 valence electrons. The monoisotopic (exact) mass is 615 g/mol. The summed E-state index contributed by atoms with van der Waals surface area (Å²) in [6, 6.07) is 14.4. The Morgan fingerprint density at radius 2 is 1.96 bits per heavy atom. The second kappa shape index (κ2) is 10.3. The van der Waals surface area contributed by atoms with Gasteiger partial charge in [-0.25, -0.2) is 9.50 Å². The van der Waals surface area contributed by atoms with Crippen molar-refractivity contribution in [3.8, 4) is 22.9 Å². The number of amides is 1. The van der Waals surface area contributed by atoms with Gasteiger partial charge < -0.3 is 19.3 Å². The SMILES string of the molecule is Cc1cccc(C(=O)N2CC3CN(c4ccc(-c5cc(OCCN6C[C@H]7OC[C@@H]8CC876)cn6ncc(C#N)c56)cn4)CC3C2)c1C. The van der Waals surface area contributed by atoms with Crippen LogP contribution in [-0.2, 0) is 4.74 Å². The molecule has 1 saturated carbocycles. The second-order valence-electron chi connectivity index (χ2n) is 13.8. The number of nitriles is 1. The maximum atomic E-state index is 13.3. The van der Waals surface area contributed by atoms with Gasteiger partial charge in [0.15, 0.2) is 0 Å². The van der Waals surface area contributed by atoms with Crippen LogP contribution in [0.5, 0.6) is 5.75 Å². The van der Waals surface area contributed by atoms with Gasteiger partial charge in [-0.15, -0.1) is 0 Å². The Morgan fingerprint density at radius 3 is 2.70 bits per heavy atom. The molecule has 5 aliphatic rings. The summed E-state index contributed by atoms with van der Waals surface area (Å²) in [6.45, 7) is 10.8. The Morgan fingerprint density at radius 1 is 1.11 bits per heavy atom. The predicted octanol–water partition coefficient (Wildman–Crippen LogP) is 3.95. The largest absolute Gasteiger partial charge is 0.491 e. The van der Waals surface area contributed by atoms with Crippen molar-refractivity contribution < 1.29 is 14.3 Å². The lowest BCUT2D eigenvalue weighted by Crippen LogP contribution is -2.62. The standard InChI is InChI=1S/C36H37N7O3/c1-22-4-3-5-30(23(22)2)35(44)41-17-26-15-40(16-27(26)18-41)33-7-6-24(13-38-33)31-10-29(19-43-34(31)25(12-37)14-39-43)45-9-8-42-20-32-36(42)11-28(36)21-46-32/h3-7,10,13-14,19,26-28,32H,8-9,11,15-18,20-21H2,1-2H3/t26?,27?,28-,32+,36?/m0/s1. The minimum absolute atomic E-state index is 0.146. The lowest BCUT2D eigenvalue weighted by atomic mass is 9.96. The molecule has 46 heavy (non-hydrogen) atoms. The molecule has 3 aromatic heterocycles. The van der Waals surface area contributed by atoms with Crippen LogP contribution in [0.1, 0.15) is 33.5 Å². The van der Waals surface area contributed by atoms with Crippen molar-refractivity contribution in [1.82, 2.24) is 24.4 Å². The fraction of sp³-hybridized carbons (Fsp3) is 0.444. The average molecular weight is 616 g/mol. The van der Waals surface area contributed by atoms with Gasteiger partial charge in [0.05, 0.1) is 41.7 Å². The minimum atomic E-state index is 0.146. The molecule has 1 aliphatic carbocycles. The second-order valence-corrected chi connectivity index (χ2v) is 13.8. The predicted molar refractivity (Wildman–Crippen MR) is 172 cm³/mol. The van der Waals surface area contributed by atoms with Crippen LogP contribution in [0.4, 0.5) is 5.82 Å². The molecule has 0 N–H and O–H groups in total. The molecule has 5 atom stereocenters. The van der Waals surface area contributed by atoms with Crippen LogP contribution >= 0.6 is 0 Å². The Balaban J connectivity index is 0.888. The van der Waals surface area contributed by atoms with Crippen molar-refractivity contribution in [2.45, 2.75) is 31.9 Å². The van der Waals surface area contributed by atoms with Gasteiger partial charge in [-0.05, 0) is 55.7 Å². The van der Waals surface area contributed by atoms with Crippen LogP contribution in [0.2, 0.25) is 0 Å². The quantitative estimate of drug-likeness (QED) is 0.308. The molecule has 1 amide bonds. The highest BCUT2D eigenvalue weighted by atomic mass is 16.5. The van der Waals surface area contributed by atoms with E-state index in [2.05, 4.69) is 46.1 Å². The number of ether oxygens (including phenoxy) is 2. The average Bonchev–Trinajstić information content (AvgIpc) is 3.33. The zero-order valence-corrected chi connectivity index (χ0v) is 26.2. The zero-order valence-electron chi connectivity index (χ0n) is 26.2. The molecule has 4 aromatic rings. The van der Waals surface area contributed by atoms with Crippen molar-refractivity contribution in [1.29, 1.82) is 5.26 Å². The third-order valence-electron chi connectivity index (χ3n) is 11.5. The minimum Gasteiger partial charge on any atom is -0.491 e. The van der Waals surface area contributed by atoms with E-state index in [-0.39, 0.29) is 5.91 Å². The molecular formula is C36H37N7O3. The van der Waals surface area contributed by atoms with Crippen molar-refractivity contribution >= 4 is 17.2 Å². The van der Waals surface area contributed by atoms with E-state index in [0.717, 1.165) is 90.8 Å². The molecule has 3 unspecified atom stereocenters. The van der Waals surface area contributed by atoms with Gasteiger partial charge in [0.1, 0.15) is 24.2 Å². The van der Waals surface area contributed by atoms with Crippen molar-refractivity contribution in [3.05, 3.63) is 77.2 Å². The number of hydrogen-bond donors (Lipinski definition) is 0. The molecule has 9 rings (SSSR count). The lowest BCUT2D eigenvalue weighted by Gasteiger charge is -2.46. The molecule has 0 bridgehead atoms. The number of anilines is 1. The van der Waals surface area contributed by atoms with E-state index in [1.165, 1.54) is 6.42 Å². The Kier molecular flexibility index (Phi) is 6.21. The zero-order chi connectivity index (χ0) is 31.2. The molecule has 4 aliphatic heterocycles. The fourth-order valence-corrected chi connectivity index (χ4v) is 8.65. The van der Waals surface area contributed by atoms with Gasteiger partial charge in [0, 0.05) is 79.9 Å². The summed E-state index contributed by atoms with van der Waals surface area (Å²) < 4.78 is 13.9. The normalized spacial score (nSPS) is 27.7. The lowest BCUT2D eigenvalue weighted by molar-refractivity contribution is -0.0809. The summed E-state index contributed by atoms with van der Waals surface area (Å²) in [6.07, 6.45) is 7.02. The van der Waals surface area contributed by atoms with Gasteiger partial charge >= 0.3 is 0 Å². The first-order valence-corrected chi connectivity index (χ1v) is 16.4. The third kappa shape index (κ3) is 4.18. The van der Waals surface area contributed by atoms with E-state index < -0.39 is 0 Å². The van der Waals surface area contributed by atoms with Crippen LogP contribution in [-0.4, -0.2) is 94.4 Å². The number of pyridine rings is 2. The Hall–Kier alpha value is -4.46. The molecule has 10 heteroatoms. The number of nitrogens with zero attached hydrogens (tertiary/aromatic N) is 7. The maximum Gasteiger partial charge on any atom is 0.254 e. The number of likely N-dealkylation sites (tertiary alicyclic amines) is 2. The van der Waals surface area contributed by atoms with Gasteiger partial charge in [0.25, 0.3) is 5.91 Å². The number of rotatable bonds is 7. The highest BCUT2D eigenvalue weighted by molar-refractivity contribution is 5.96. The van der Waals surface area contributed by atoms with Crippen LogP contribution in [0, 0.1) is 42.9 Å². The summed E-state index contributed by atoms with van der Waals surface area (Å²) in [5.41, 5.74) is 6.39. The number of fused-ring (bicyclic) bond motifs is 2. The topological polar surface area (TPSA) is 99.2 Å². The molecule has 10 nitrogen and oxygen atoms in total. The van der Waals surface area contributed by atoms with Crippen LogP contribution < -0.4 is 9.64 Å². The first-order chi connectivity index (χ1) is 22.4. The number of benzene rings is 1. The number of aryl methyl sites for hydroxylation is 1. The number of carbonyl (C=O) groups excluding carboxylic acids is 1. The van der Waals surface area contributed by atoms with Crippen LogP contribution in [0.25, 0.3) is 16.6 Å². The maximum absolute atomic E-state index is 13.3. The highest BCUT2D eigenvalue weighted by Crippen LogP contribution is 2.62. The number of hydrogen-bond acceptors (Lipinski definition) is 8. The van der Waals surface area contributed by atoms with E-state index in [4.69, 9.17) is 14.5 Å². The molecular weight excluding hydrogens is 578 g/mol. The molecule has 1 spiro atoms. The highest BCUT2D eigenvalue weighted by Gasteiger charge is 2.73. The van der Waals surface area contributed by atoms with Crippen LogP contribution in [0.15, 0.2) is 55.0 Å². The third-order valence-corrected chi connectivity index (χ3v) is 11.5. The van der Waals surface area contributed by atoms with Crippen molar-refractivity contribution in [2.75, 3.05) is 57.4 Å². The fourth-order valence-electron chi connectivity index (χ4n) is 8.65. The van der Waals surface area contributed by atoms with Crippen LogP contribution in [0.3, 0.4) is 0 Å². The summed E-state index contributed by atoms with van der Waals surface area (Å²) in [5.74, 6) is 3.37. The van der Waals surface area contributed by atoms with E-state index in [1.807, 2.05) is 42.4 Å². The number of carbonyl (C=O) groups is 1. The molecule has 1 aromatic carbocycles. The van der Waals surface area contributed by atoms with E-state index in [9.17, 15) is 10.1 Å². The van der Waals surface area contributed by atoms with Gasteiger partial charge in [-0.1, -0.05) is 12.1 Å². The Labute approximate surface area is 268 Å². The van der Waals surface area contributed by atoms with E-state index in [0.29, 0.717) is 41.6 Å². The Bertz CT molecular complexity index is 1900. The molecule has 4 saturated heterocycles. The summed E-state index contributed by atoms with van der Waals surface area (Å²) in [4.78, 5) is 25.1. The van der Waals surface area contributed by atoms with Crippen molar-refractivity contribution in [2.24, 2.45) is 17.8 Å². The van der Waals surface area contributed by atoms with Gasteiger partial charge in [-0.2, -0.15) is 10.4 Å². The molecule has 5 fully saturated rings. The molecule has 7 heterocycles. The van der Waals surface area contributed by atoms with Crippen molar-refractivity contribution in [3.63, 3.8) is 0 Å². The number of aromatic nitrogens is 3.